The lowest BCUT2D eigenvalue weighted by molar-refractivity contribution is 0.0424. The third-order valence-electron chi connectivity index (χ3n) is 4.28. The Bertz CT molecular complexity index is 382. The molecule has 1 unspecified atom stereocenters. The fraction of sp³-hybridized carbons (Fsp3) is 0.833. The molecule has 0 saturated carbocycles. The largest absolute Gasteiger partial charge is 0.379 e. The van der Waals surface area contributed by atoms with Gasteiger partial charge in [0.1, 0.15) is 0 Å². The van der Waals surface area contributed by atoms with Gasteiger partial charge in [0.05, 0.1) is 12.7 Å². The van der Waals surface area contributed by atoms with Gasteiger partial charge in [0.2, 0.25) is 0 Å². The van der Waals surface area contributed by atoms with Gasteiger partial charge < -0.3 is 20.1 Å². The highest BCUT2D eigenvalue weighted by molar-refractivity contribution is 14.0. The zero-order chi connectivity index (χ0) is 16.2. The van der Waals surface area contributed by atoms with E-state index in [0.717, 1.165) is 64.7 Å². The zero-order valence-electron chi connectivity index (χ0n) is 15.0. The number of nitrogens with zero attached hydrogens (tertiary/aromatic N) is 1. The summed E-state index contributed by atoms with van der Waals surface area (Å²) in [4.78, 5) is 4.62. The summed E-state index contributed by atoms with van der Waals surface area (Å²) in [6, 6.07) is 0. The monoisotopic (exact) mass is 451 g/mol. The molecule has 1 heterocycles. The van der Waals surface area contributed by atoms with E-state index in [0.29, 0.717) is 6.10 Å². The smallest absolute Gasteiger partial charge is 0.191 e. The van der Waals surface area contributed by atoms with Gasteiger partial charge in [0.25, 0.3) is 0 Å². The van der Waals surface area contributed by atoms with Crippen molar-refractivity contribution >= 4 is 29.9 Å². The molecule has 0 aromatic rings. The molecule has 0 radical (unpaired) electrons. The minimum atomic E-state index is 0. The van der Waals surface area contributed by atoms with Crippen LogP contribution in [0.3, 0.4) is 0 Å². The third kappa shape index (κ3) is 9.22. The second-order valence-electron chi connectivity index (χ2n) is 6.26. The van der Waals surface area contributed by atoms with Gasteiger partial charge in [-0.05, 0) is 51.9 Å². The van der Waals surface area contributed by atoms with Gasteiger partial charge in [-0.3, -0.25) is 4.99 Å². The Morgan fingerprint density at radius 1 is 1.38 bits per heavy atom. The summed E-state index contributed by atoms with van der Waals surface area (Å²) in [5.41, 5.74) is 1.60. The van der Waals surface area contributed by atoms with Gasteiger partial charge in [0.15, 0.2) is 5.96 Å². The summed E-state index contributed by atoms with van der Waals surface area (Å²) in [5.74, 6) is 0.924. The average Bonchev–Trinajstić information content (AvgIpc) is 3.09. The van der Waals surface area contributed by atoms with E-state index in [4.69, 9.17) is 9.47 Å². The molecule has 1 aliphatic carbocycles. The molecule has 1 atom stereocenters. The van der Waals surface area contributed by atoms with Crippen LogP contribution in [-0.2, 0) is 9.47 Å². The van der Waals surface area contributed by atoms with Crippen LogP contribution in [0.5, 0.6) is 0 Å². The molecule has 24 heavy (non-hydrogen) atoms. The van der Waals surface area contributed by atoms with Crippen molar-refractivity contribution in [3.05, 3.63) is 11.6 Å². The van der Waals surface area contributed by atoms with Gasteiger partial charge in [-0.15, -0.1) is 24.0 Å². The average molecular weight is 451 g/mol. The minimum absolute atomic E-state index is 0. The predicted molar refractivity (Wildman–Crippen MR) is 110 cm³/mol. The van der Waals surface area contributed by atoms with Crippen LogP contribution in [0.25, 0.3) is 0 Å². The highest BCUT2D eigenvalue weighted by Gasteiger charge is 2.15. The lowest BCUT2D eigenvalue weighted by Crippen LogP contribution is -2.38. The van der Waals surface area contributed by atoms with Gasteiger partial charge in [-0.2, -0.15) is 0 Å². The Balaban J connectivity index is 0.00000288. The van der Waals surface area contributed by atoms with Crippen LogP contribution >= 0.6 is 24.0 Å². The Labute approximate surface area is 164 Å². The van der Waals surface area contributed by atoms with E-state index < -0.39 is 0 Å². The topological polar surface area (TPSA) is 54.9 Å². The molecule has 2 N–H and O–H groups in total. The van der Waals surface area contributed by atoms with Crippen LogP contribution in [0.1, 0.15) is 51.9 Å². The number of hydrogen-bond acceptors (Lipinski definition) is 3. The number of ether oxygens (including phenoxy) is 2. The normalized spacial score (nSPS) is 21.1. The molecule has 0 bridgehead atoms. The molecule has 6 heteroatoms. The van der Waals surface area contributed by atoms with Gasteiger partial charge in [0, 0.05) is 32.8 Å². The Morgan fingerprint density at radius 2 is 2.29 bits per heavy atom. The van der Waals surface area contributed by atoms with Crippen LogP contribution in [0.2, 0.25) is 0 Å². The van der Waals surface area contributed by atoms with E-state index in [2.05, 4.69) is 28.6 Å². The molecule has 0 aromatic carbocycles. The summed E-state index contributed by atoms with van der Waals surface area (Å²) >= 11 is 0. The molecule has 2 aliphatic rings. The quantitative estimate of drug-likeness (QED) is 0.186. The second-order valence-corrected chi connectivity index (χ2v) is 6.26. The molecule has 5 nitrogen and oxygen atoms in total. The second kappa shape index (κ2) is 13.9. The molecule has 1 fully saturated rings. The number of allylic oxidation sites excluding steroid dienone is 1. The maximum atomic E-state index is 5.76. The van der Waals surface area contributed by atoms with E-state index in [-0.39, 0.29) is 24.0 Å². The lowest BCUT2D eigenvalue weighted by atomic mass is 9.97. The molecule has 0 aromatic heterocycles. The first-order valence-corrected chi connectivity index (χ1v) is 9.28. The summed E-state index contributed by atoms with van der Waals surface area (Å²) in [6.07, 6.45) is 11.1. The first-order valence-electron chi connectivity index (χ1n) is 9.28. The van der Waals surface area contributed by atoms with E-state index in [9.17, 15) is 0 Å². The summed E-state index contributed by atoms with van der Waals surface area (Å²) in [7, 11) is 0. The van der Waals surface area contributed by atoms with Crippen LogP contribution in [0, 0.1) is 0 Å². The van der Waals surface area contributed by atoms with Crippen molar-refractivity contribution in [3.8, 4) is 0 Å². The maximum absolute atomic E-state index is 5.76. The SMILES string of the molecule is CCNC(=NCCCOC1CCOC1)NCCC1=CCCCC1.I. The Morgan fingerprint density at radius 3 is 3.00 bits per heavy atom. The van der Waals surface area contributed by atoms with E-state index in [1.165, 1.54) is 25.7 Å². The van der Waals surface area contributed by atoms with Crippen molar-refractivity contribution in [1.82, 2.24) is 10.6 Å². The molecule has 1 aliphatic heterocycles. The number of halogens is 1. The van der Waals surface area contributed by atoms with Gasteiger partial charge in [-0.25, -0.2) is 0 Å². The number of hydrogen-bond donors (Lipinski definition) is 2. The van der Waals surface area contributed by atoms with Crippen LogP contribution < -0.4 is 10.6 Å². The first-order chi connectivity index (χ1) is 11.4. The van der Waals surface area contributed by atoms with Crippen LogP contribution in [0.4, 0.5) is 0 Å². The van der Waals surface area contributed by atoms with E-state index >= 15 is 0 Å². The standard InChI is InChI=1S/C18H33N3O2.HI/c1-2-19-18(21-12-9-16-7-4-3-5-8-16)20-11-6-13-23-17-10-14-22-15-17;/h7,17H,2-6,8-15H2,1H3,(H2,19,20,21);1H. The highest BCUT2D eigenvalue weighted by Crippen LogP contribution is 2.19. The van der Waals surface area contributed by atoms with Crippen molar-refractivity contribution in [2.24, 2.45) is 4.99 Å². The Kier molecular flexibility index (Phi) is 12.6. The van der Waals surface area contributed by atoms with Crippen molar-refractivity contribution in [2.75, 3.05) is 39.5 Å². The van der Waals surface area contributed by atoms with Gasteiger partial charge >= 0.3 is 0 Å². The molecule has 1 saturated heterocycles. The fourth-order valence-electron chi connectivity index (χ4n) is 2.96. The van der Waals surface area contributed by atoms with Crippen LogP contribution in [-0.4, -0.2) is 51.5 Å². The third-order valence-corrected chi connectivity index (χ3v) is 4.28. The maximum Gasteiger partial charge on any atom is 0.191 e. The molecular formula is C18H34IN3O2. The summed E-state index contributed by atoms with van der Waals surface area (Å²) in [5, 5.41) is 6.75. The minimum Gasteiger partial charge on any atom is -0.379 e. The van der Waals surface area contributed by atoms with Crippen molar-refractivity contribution in [1.29, 1.82) is 0 Å². The molecule has 140 valence electrons. The number of aliphatic imine (C=N–C) groups is 1. The van der Waals surface area contributed by atoms with Crippen LogP contribution in [0.15, 0.2) is 16.6 Å². The zero-order valence-corrected chi connectivity index (χ0v) is 17.3. The molecule has 0 spiro atoms. The molecule has 0 amide bonds. The summed E-state index contributed by atoms with van der Waals surface area (Å²) < 4.78 is 11.1. The lowest BCUT2D eigenvalue weighted by Gasteiger charge is -2.15. The van der Waals surface area contributed by atoms with E-state index in [1.807, 2.05) is 0 Å². The first kappa shape index (κ1) is 21.7. The number of rotatable bonds is 9. The summed E-state index contributed by atoms with van der Waals surface area (Å²) in [6.45, 7) is 7.12. The van der Waals surface area contributed by atoms with Crippen molar-refractivity contribution in [2.45, 2.75) is 58.0 Å². The predicted octanol–water partition coefficient (Wildman–Crippen LogP) is 3.25. The number of nitrogens with one attached hydrogen (secondary N) is 2. The molecule has 2 rings (SSSR count). The van der Waals surface area contributed by atoms with Crippen molar-refractivity contribution < 1.29 is 9.47 Å². The fourth-order valence-corrected chi connectivity index (χ4v) is 2.96. The van der Waals surface area contributed by atoms with Gasteiger partial charge in [-0.1, -0.05) is 11.6 Å². The van der Waals surface area contributed by atoms with Crippen molar-refractivity contribution in [3.63, 3.8) is 0 Å². The Hall–Kier alpha value is -0.340. The molecular weight excluding hydrogens is 417 g/mol. The van der Waals surface area contributed by atoms with E-state index in [1.54, 1.807) is 5.57 Å². The number of guanidine groups is 1. The highest BCUT2D eigenvalue weighted by atomic mass is 127.